The standard InChI is InChI=1S/C18H38O7P2/c1-2-3-4-5-6-7-8-9-10-11-12-13-14-15-16-17-18(19,26(20,21)22)27(23,24)25/h9-10,19H,2-8,11-17H2,1H3,(H2,20,21,22)(H2,23,24,25)/b10-9-. The van der Waals surface area contributed by atoms with E-state index in [0.717, 1.165) is 32.1 Å². The second kappa shape index (κ2) is 14.1. The van der Waals surface area contributed by atoms with Crippen molar-refractivity contribution in [2.75, 3.05) is 0 Å². The smallest absolute Gasteiger partial charge is 0.368 e. The van der Waals surface area contributed by atoms with Crippen LogP contribution in [0.15, 0.2) is 12.2 Å². The van der Waals surface area contributed by atoms with Gasteiger partial charge < -0.3 is 24.7 Å². The van der Waals surface area contributed by atoms with Crippen molar-refractivity contribution in [1.82, 2.24) is 0 Å². The Morgan fingerprint density at radius 1 is 0.667 bits per heavy atom. The predicted octanol–water partition coefficient (Wildman–Crippen LogP) is 5.03. The first-order valence-corrected chi connectivity index (χ1v) is 13.3. The first kappa shape index (κ1) is 27.0. The molecule has 0 aliphatic heterocycles. The summed E-state index contributed by atoms with van der Waals surface area (Å²) in [6.45, 7) is 2.22. The molecule has 0 heterocycles. The van der Waals surface area contributed by atoms with Gasteiger partial charge in [0, 0.05) is 0 Å². The summed E-state index contributed by atoms with van der Waals surface area (Å²) >= 11 is 0. The lowest BCUT2D eigenvalue weighted by Gasteiger charge is -2.29. The zero-order valence-corrected chi connectivity index (χ0v) is 18.3. The van der Waals surface area contributed by atoms with Crippen LogP contribution in [0.25, 0.3) is 0 Å². The van der Waals surface area contributed by atoms with Crippen LogP contribution in [0.5, 0.6) is 0 Å². The third-order valence-corrected chi connectivity index (χ3v) is 8.58. The minimum Gasteiger partial charge on any atom is -0.368 e. The van der Waals surface area contributed by atoms with Gasteiger partial charge in [-0.15, -0.1) is 0 Å². The van der Waals surface area contributed by atoms with Gasteiger partial charge in [-0.25, -0.2) is 0 Å². The molecule has 7 nitrogen and oxygen atoms in total. The Labute approximate surface area is 163 Å². The van der Waals surface area contributed by atoms with E-state index in [-0.39, 0.29) is 6.42 Å². The largest absolute Gasteiger partial charge is 0.369 e. The molecular formula is C18H38O7P2. The van der Waals surface area contributed by atoms with E-state index in [1.807, 2.05) is 0 Å². The van der Waals surface area contributed by atoms with Crippen molar-refractivity contribution in [3.05, 3.63) is 12.2 Å². The maximum absolute atomic E-state index is 11.2. The van der Waals surface area contributed by atoms with Gasteiger partial charge >= 0.3 is 15.2 Å². The molecule has 0 amide bonds. The molecule has 0 atom stereocenters. The number of hydrogen-bond donors (Lipinski definition) is 5. The fraction of sp³-hybridized carbons (Fsp3) is 0.889. The molecule has 27 heavy (non-hydrogen) atoms. The van der Waals surface area contributed by atoms with Crippen molar-refractivity contribution in [3.63, 3.8) is 0 Å². The van der Waals surface area contributed by atoms with E-state index in [9.17, 15) is 14.2 Å². The van der Waals surface area contributed by atoms with Crippen molar-refractivity contribution in [1.29, 1.82) is 0 Å². The molecule has 0 spiro atoms. The molecule has 0 radical (unpaired) electrons. The summed E-state index contributed by atoms with van der Waals surface area (Å²) in [6, 6.07) is 0. The minimum atomic E-state index is -5.31. The number of hydrogen-bond acceptors (Lipinski definition) is 3. The van der Waals surface area contributed by atoms with E-state index in [2.05, 4.69) is 19.1 Å². The minimum absolute atomic E-state index is 0.153. The monoisotopic (exact) mass is 428 g/mol. The van der Waals surface area contributed by atoms with E-state index < -0.39 is 26.7 Å². The average molecular weight is 428 g/mol. The Balaban J connectivity index is 3.73. The van der Waals surface area contributed by atoms with Gasteiger partial charge in [-0.3, -0.25) is 9.13 Å². The number of unbranched alkanes of at least 4 members (excludes halogenated alkanes) is 11. The highest BCUT2D eigenvalue weighted by Crippen LogP contribution is 2.69. The molecule has 0 aliphatic rings. The Morgan fingerprint density at radius 3 is 1.44 bits per heavy atom. The highest BCUT2D eigenvalue weighted by atomic mass is 31.2. The second-order valence-corrected chi connectivity index (χ2v) is 11.2. The van der Waals surface area contributed by atoms with Gasteiger partial charge in [0.05, 0.1) is 0 Å². The maximum Gasteiger partial charge on any atom is 0.369 e. The van der Waals surface area contributed by atoms with Crippen LogP contribution in [0.4, 0.5) is 0 Å². The molecular weight excluding hydrogens is 390 g/mol. The third kappa shape index (κ3) is 11.6. The predicted molar refractivity (Wildman–Crippen MR) is 108 cm³/mol. The van der Waals surface area contributed by atoms with Crippen LogP contribution in [0.2, 0.25) is 0 Å². The topological polar surface area (TPSA) is 135 Å². The van der Waals surface area contributed by atoms with Crippen molar-refractivity contribution in [2.24, 2.45) is 0 Å². The molecule has 0 bridgehead atoms. The van der Waals surface area contributed by atoms with Crippen molar-refractivity contribution in [3.8, 4) is 0 Å². The molecule has 0 unspecified atom stereocenters. The number of allylic oxidation sites excluding steroid dienone is 2. The molecule has 0 aromatic carbocycles. The first-order valence-electron chi connectivity index (χ1n) is 10.0. The van der Waals surface area contributed by atoms with Crippen LogP contribution in [-0.4, -0.2) is 29.8 Å². The van der Waals surface area contributed by atoms with Gasteiger partial charge in [-0.2, -0.15) is 0 Å². The van der Waals surface area contributed by atoms with Crippen LogP contribution < -0.4 is 0 Å². The number of aliphatic hydroxyl groups is 1. The molecule has 9 heteroatoms. The Bertz CT molecular complexity index is 474. The van der Waals surface area contributed by atoms with E-state index in [4.69, 9.17) is 19.6 Å². The van der Waals surface area contributed by atoms with E-state index in [0.29, 0.717) is 6.42 Å². The first-order chi connectivity index (χ1) is 12.6. The summed E-state index contributed by atoms with van der Waals surface area (Å²) in [7, 11) is -10.6. The van der Waals surface area contributed by atoms with Gasteiger partial charge in [0.1, 0.15) is 0 Å². The summed E-state index contributed by atoms with van der Waals surface area (Å²) in [5, 5.41) is 6.49. The molecule has 0 saturated carbocycles. The van der Waals surface area contributed by atoms with E-state index >= 15 is 0 Å². The Hall–Kier alpha value is -0.0000000000000000416. The number of rotatable bonds is 17. The van der Waals surface area contributed by atoms with Crippen LogP contribution >= 0.6 is 15.2 Å². The molecule has 0 saturated heterocycles. The zero-order chi connectivity index (χ0) is 20.8. The third-order valence-electron chi connectivity index (χ3n) is 4.71. The van der Waals surface area contributed by atoms with Crippen molar-refractivity contribution >= 4 is 15.2 Å². The molecule has 0 aromatic rings. The fourth-order valence-corrected chi connectivity index (χ4v) is 5.15. The summed E-state index contributed by atoms with van der Waals surface area (Å²) in [5.74, 6) is 0. The highest BCUT2D eigenvalue weighted by Gasteiger charge is 2.58. The van der Waals surface area contributed by atoms with Crippen LogP contribution in [0.3, 0.4) is 0 Å². The zero-order valence-electron chi connectivity index (χ0n) is 16.5. The van der Waals surface area contributed by atoms with Gasteiger partial charge in [-0.05, 0) is 38.5 Å². The van der Waals surface area contributed by atoms with Gasteiger partial charge in [0.25, 0.3) is 5.08 Å². The van der Waals surface area contributed by atoms with Gasteiger partial charge in [0.2, 0.25) is 0 Å². The maximum atomic E-state index is 11.2. The van der Waals surface area contributed by atoms with Gasteiger partial charge in [0.15, 0.2) is 0 Å². The van der Waals surface area contributed by atoms with Crippen LogP contribution in [0.1, 0.15) is 96.8 Å². The van der Waals surface area contributed by atoms with E-state index in [1.54, 1.807) is 0 Å². The van der Waals surface area contributed by atoms with Crippen LogP contribution in [0, 0.1) is 0 Å². The van der Waals surface area contributed by atoms with Crippen molar-refractivity contribution < 1.29 is 33.8 Å². The highest BCUT2D eigenvalue weighted by molar-refractivity contribution is 7.72. The summed E-state index contributed by atoms with van der Waals surface area (Å²) in [6.07, 6.45) is 17.1. The Kier molecular flexibility index (Phi) is 14.1. The average Bonchev–Trinajstić information content (AvgIpc) is 2.56. The molecule has 0 fully saturated rings. The van der Waals surface area contributed by atoms with E-state index in [1.165, 1.54) is 38.5 Å². The molecule has 0 rings (SSSR count). The van der Waals surface area contributed by atoms with Gasteiger partial charge in [-0.1, -0.05) is 70.4 Å². The lowest BCUT2D eigenvalue weighted by atomic mass is 10.1. The molecule has 162 valence electrons. The lowest BCUT2D eigenvalue weighted by molar-refractivity contribution is 0.120. The quantitative estimate of drug-likeness (QED) is 0.125. The molecule has 5 N–H and O–H groups in total. The summed E-state index contributed by atoms with van der Waals surface area (Å²) in [5.41, 5.74) is 0. The second-order valence-electron chi connectivity index (χ2n) is 7.20. The van der Waals surface area contributed by atoms with Crippen molar-refractivity contribution in [2.45, 2.75) is 102 Å². The lowest BCUT2D eigenvalue weighted by Crippen LogP contribution is -2.28. The molecule has 0 aliphatic carbocycles. The molecule has 0 aromatic heterocycles. The van der Waals surface area contributed by atoms with Crippen LogP contribution in [-0.2, 0) is 9.13 Å². The summed E-state index contributed by atoms with van der Waals surface area (Å²) < 4.78 is 22.4. The Morgan fingerprint density at radius 2 is 1.04 bits per heavy atom. The SMILES string of the molecule is CCCCCCCC/C=C\CCCCCCCC(O)(P(=O)(O)O)P(=O)(O)O. The normalized spacial score (nSPS) is 13.6. The fourth-order valence-electron chi connectivity index (χ4n) is 2.89. The summed E-state index contributed by atoms with van der Waals surface area (Å²) in [4.78, 5) is 36.2.